The van der Waals surface area contributed by atoms with E-state index in [1.165, 1.54) is 24.8 Å². The third-order valence-electron chi connectivity index (χ3n) is 1.92. The molecule has 0 aromatic heterocycles. The lowest BCUT2D eigenvalue weighted by atomic mass is 10.1. The van der Waals surface area contributed by atoms with Crippen LogP contribution in [0, 0.1) is 5.92 Å². The third kappa shape index (κ3) is 16.4. The number of hydrogen-bond donors (Lipinski definition) is 0. The van der Waals surface area contributed by atoms with Crippen LogP contribution in [0.5, 0.6) is 0 Å². The first kappa shape index (κ1) is 14.3. The Labute approximate surface area is 79.1 Å². The van der Waals surface area contributed by atoms with Crippen molar-refractivity contribution < 1.29 is 0 Å². The summed E-state index contributed by atoms with van der Waals surface area (Å²) in [5.41, 5.74) is 1.38. The molecule has 0 atom stereocenters. The molecular weight excluding hydrogens is 144 g/mol. The Balaban J connectivity index is 0. The average molecular weight is 170 g/mol. The van der Waals surface area contributed by atoms with E-state index in [1.807, 2.05) is 0 Å². The minimum absolute atomic E-state index is 0.884. The fourth-order valence-corrected chi connectivity index (χ4v) is 0.530. The van der Waals surface area contributed by atoms with Gasteiger partial charge in [-0.3, -0.25) is 0 Å². The normalized spacial score (nSPS) is 9.17. The standard InChI is InChI=1S/C7H14.C5H12/c1-4-6-7(3)5-2;1-4-5(2)3/h3-6H2,1-2H3;5H,4H2,1-3H3. The summed E-state index contributed by atoms with van der Waals surface area (Å²) in [6.07, 6.45) is 4.90. The van der Waals surface area contributed by atoms with E-state index < -0.39 is 0 Å². The molecule has 0 saturated carbocycles. The molecule has 0 aliphatic rings. The van der Waals surface area contributed by atoms with Crippen LogP contribution in [0.4, 0.5) is 0 Å². The molecule has 0 fully saturated rings. The zero-order chi connectivity index (χ0) is 9.98. The van der Waals surface area contributed by atoms with E-state index in [4.69, 9.17) is 0 Å². The molecule has 0 heteroatoms. The minimum atomic E-state index is 0.884. The van der Waals surface area contributed by atoms with Crippen molar-refractivity contribution >= 4 is 0 Å². The summed E-state index contributed by atoms with van der Waals surface area (Å²) in [4.78, 5) is 0. The van der Waals surface area contributed by atoms with Crippen molar-refractivity contribution in [3.63, 3.8) is 0 Å². The molecule has 12 heavy (non-hydrogen) atoms. The first-order chi connectivity index (χ1) is 5.58. The number of allylic oxidation sites excluding steroid dienone is 1. The second-order valence-corrected chi connectivity index (χ2v) is 3.66. The van der Waals surface area contributed by atoms with Crippen molar-refractivity contribution in [1.82, 2.24) is 0 Å². The van der Waals surface area contributed by atoms with Crippen molar-refractivity contribution in [2.24, 2.45) is 5.92 Å². The lowest BCUT2D eigenvalue weighted by Gasteiger charge is -1.94. The van der Waals surface area contributed by atoms with E-state index in [0.29, 0.717) is 0 Å². The average Bonchev–Trinajstić information content (AvgIpc) is 2.06. The van der Waals surface area contributed by atoms with E-state index >= 15 is 0 Å². The molecular formula is C12H26. The molecule has 0 spiro atoms. The van der Waals surface area contributed by atoms with Crippen LogP contribution in [0.1, 0.15) is 60.3 Å². The molecule has 0 aliphatic heterocycles. The lowest BCUT2D eigenvalue weighted by Crippen LogP contribution is -1.77. The molecule has 0 rings (SSSR count). The van der Waals surface area contributed by atoms with Gasteiger partial charge in [0.05, 0.1) is 0 Å². The molecule has 0 amide bonds. The smallest absolute Gasteiger partial charge is 0.0326 e. The van der Waals surface area contributed by atoms with Crippen LogP contribution < -0.4 is 0 Å². The molecule has 0 N–H and O–H groups in total. The third-order valence-corrected chi connectivity index (χ3v) is 1.92. The zero-order valence-electron chi connectivity index (χ0n) is 9.61. The molecule has 0 nitrogen and oxygen atoms in total. The Morgan fingerprint density at radius 3 is 1.67 bits per heavy atom. The molecule has 0 bridgehead atoms. The fourth-order valence-electron chi connectivity index (χ4n) is 0.530. The predicted octanol–water partition coefficient (Wildman–Crippen LogP) is 4.81. The van der Waals surface area contributed by atoms with Gasteiger partial charge in [0, 0.05) is 0 Å². The van der Waals surface area contributed by atoms with Crippen molar-refractivity contribution in [3.05, 3.63) is 12.2 Å². The van der Waals surface area contributed by atoms with Gasteiger partial charge < -0.3 is 0 Å². The van der Waals surface area contributed by atoms with E-state index in [2.05, 4.69) is 41.2 Å². The molecule has 0 aromatic rings. The SMILES string of the molecule is C=C(CC)CCC.CCC(C)C. The van der Waals surface area contributed by atoms with Crippen molar-refractivity contribution in [3.8, 4) is 0 Å². The Morgan fingerprint density at radius 2 is 1.58 bits per heavy atom. The van der Waals surface area contributed by atoms with Crippen LogP contribution in [0.25, 0.3) is 0 Å². The van der Waals surface area contributed by atoms with Crippen LogP contribution in [0.3, 0.4) is 0 Å². The number of rotatable bonds is 4. The molecule has 0 aromatic carbocycles. The molecule has 0 saturated heterocycles. The van der Waals surface area contributed by atoms with E-state index in [9.17, 15) is 0 Å². The summed E-state index contributed by atoms with van der Waals surface area (Å²) in [5, 5.41) is 0. The highest BCUT2D eigenvalue weighted by molar-refractivity contribution is 4.91. The van der Waals surface area contributed by atoms with Gasteiger partial charge in [-0.15, -0.1) is 0 Å². The van der Waals surface area contributed by atoms with Gasteiger partial charge in [-0.05, 0) is 18.8 Å². The van der Waals surface area contributed by atoms with Gasteiger partial charge in [0.2, 0.25) is 0 Å². The van der Waals surface area contributed by atoms with E-state index in [0.717, 1.165) is 12.3 Å². The first-order valence-electron chi connectivity index (χ1n) is 5.24. The van der Waals surface area contributed by atoms with Crippen molar-refractivity contribution in [2.75, 3.05) is 0 Å². The van der Waals surface area contributed by atoms with Crippen molar-refractivity contribution in [1.29, 1.82) is 0 Å². The maximum Gasteiger partial charge on any atom is -0.0326 e. The first-order valence-corrected chi connectivity index (χ1v) is 5.24. The maximum atomic E-state index is 3.86. The molecule has 0 radical (unpaired) electrons. The number of hydrogen-bond acceptors (Lipinski definition) is 0. The zero-order valence-corrected chi connectivity index (χ0v) is 9.61. The van der Waals surface area contributed by atoms with E-state index in [-0.39, 0.29) is 0 Å². The summed E-state index contributed by atoms with van der Waals surface area (Å²) in [6.45, 7) is 14.8. The van der Waals surface area contributed by atoms with Gasteiger partial charge in [0.15, 0.2) is 0 Å². The fraction of sp³-hybridized carbons (Fsp3) is 0.833. The highest BCUT2D eigenvalue weighted by Gasteiger charge is 1.83. The van der Waals surface area contributed by atoms with Crippen LogP contribution in [-0.2, 0) is 0 Å². The second kappa shape index (κ2) is 10.7. The topological polar surface area (TPSA) is 0 Å². The lowest BCUT2D eigenvalue weighted by molar-refractivity contribution is 0.626. The largest absolute Gasteiger partial charge is 0.0999 e. The van der Waals surface area contributed by atoms with Crippen LogP contribution in [0.2, 0.25) is 0 Å². The van der Waals surface area contributed by atoms with Crippen LogP contribution in [0.15, 0.2) is 12.2 Å². The van der Waals surface area contributed by atoms with Gasteiger partial charge in [0.25, 0.3) is 0 Å². The second-order valence-electron chi connectivity index (χ2n) is 3.66. The highest BCUT2D eigenvalue weighted by Crippen LogP contribution is 2.03. The minimum Gasteiger partial charge on any atom is -0.0999 e. The van der Waals surface area contributed by atoms with Gasteiger partial charge in [0.1, 0.15) is 0 Å². The summed E-state index contributed by atoms with van der Waals surface area (Å²) in [7, 11) is 0. The Bertz CT molecular complexity index is 90.2. The van der Waals surface area contributed by atoms with Crippen LogP contribution in [-0.4, -0.2) is 0 Å². The molecule has 74 valence electrons. The summed E-state index contributed by atoms with van der Waals surface area (Å²) < 4.78 is 0. The van der Waals surface area contributed by atoms with Gasteiger partial charge in [-0.2, -0.15) is 0 Å². The van der Waals surface area contributed by atoms with E-state index in [1.54, 1.807) is 0 Å². The monoisotopic (exact) mass is 170 g/mol. The summed E-state index contributed by atoms with van der Waals surface area (Å²) in [5.74, 6) is 0.884. The Morgan fingerprint density at radius 1 is 1.17 bits per heavy atom. The predicted molar refractivity (Wildman–Crippen MR) is 59.5 cm³/mol. The quantitative estimate of drug-likeness (QED) is 0.531. The maximum absolute atomic E-state index is 3.86. The molecule has 0 heterocycles. The Kier molecular flexibility index (Phi) is 12.8. The van der Waals surface area contributed by atoms with Gasteiger partial charge in [-0.1, -0.05) is 59.6 Å². The highest BCUT2D eigenvalue weighted by atomic mass is 13.9. The van der Waals surface area contributed by atoms with Gasteiger partial charge >= 0.3 is 0 Å². The summed E-state index contributed by atoms with van der Waals surface area (Å²) in [6, 6.07) is 0. The molecule has 0 unspecified atom stereocenters. The Hall–Kier alpha value is -0.260. The van der Waals surface area contributed by atoms with Crippen LogP contribution >= 0.6 is 0 Å². The van der Waals surface area contributed by atoms with Gasteiger partial charge in [-0.25, -0.2) is 0 Å². The molecule has 0 aliphatic carbocycles. The van der Waals surface area contributed by atoms with Crippen molar-refractivity contribution in [2.45, 2.75) is 60.3 Å². The summed E-state index contributed by atoms with van der Waals surface area (Å²) >= 11 is 0.